The number of aromatic nitrogens is 1. The standard InChI is InChI=1S/C23H19F4N3O/c24-6-9-30(23(31)17-2-1-3-20-16(17)5-8-28-20)21-13-14(4-7-29-21)10-15-11-18(25)22(27)19(26)12-15/h1-4,7,11-13,28H,5-6,8-10H2. The van der Waals surface area contributed by atoms with Gasteiger partial charge in [0.2, 0.25) is 0 Å². The van der Waals surface area contributed by atoms with Crippen LogP contribution in [-0.2, 0) is 12.8 Å². The Balaban J connectivity index is 1.64. The van der Waals surface area contributed by atoms with Crippen molar-refractivity contribution in [1.29, 1.82) is 0 Å². The zero-order chi connectivity index (χ0) is 22.0. The van der Waals surface area contributed by atoms with Crippen molar-refractivity contribution >= 4 is 17.4 Å². The topological polar surface area (TPSA) is 45.2 Å². The van der Waals surface area contributed by atoms with E-state index in [1.807, 2.05) is 6.07 Å². The summed E-state index contributed by atoms with van der Waals surface area (Å²) in [7, 11) is 0. The van der Waals surface area contributed by atoms with Crippen molar-refractivity contribution in [1.82, 2.24) is 4.98 Å². The van der Waals surface area contributed by atoms with Crippen LogP contribution in [-0.4, -0.2) is 30.7 Å². The third kappa shape index (κ3) is 4.23. The molecule has 1 aliphatic rings. The van der Waals surface area contributed by atoms with Gasteiger partial charge in [-0.05, 0) is 65.9 Å². The van der Waals surface area contributed by atoms with Crippen LogP contribution in [0.2, 0.25) is 0 Å². The molecule has 160 valence electrons. The van der Waals surface area contributed by atoms with Gasteiger partial charge in [-0.15, -0.1) is 0 Å². The van der Waals surface area contributed by atoms with E-state index in [4.69, 9.17) is 0 Å². The van der Waals surface area contributed by atoms with E-state index in [0.29, 0.717) is 17.5 Å². The fourth-order valence-electron chi connectivity index (χ4n) is 3.76. The number of nitrogens with zero attached hydrogens (tertiary/aromatic N) is 2. The summed E-state index contributed by atoms with van der Waals surface area (Å²) < 4.78 is 53.6. The maximum Gasteiger partial charge on any atom is 0.259 e. The van der Waals surface area contributed by atoms with Crippen molar-refractivity contribution in [2.75, 3.05) is 30.0 Å². The number of rotatable bonds is 6. The number of carbonyl (C=O) groups is 1. The van der Waals surface area contributed by atoms with Gasteiger partial charge in [0, 0.05) is 24.0 Å². The van der Waals surface area contributed by atoms with Crippen molar-refractivity contribution in [2.45, 2.75) is 12.8 Å². The van der Waals surface area contributed by atoms with Gasteiger partial charge in [-0.1, -0.05) is 6.07 Å². The van der Waals surface area contributed by atoms with Crippen molar-refractivity contribution in [3.63, 3.8) is 0 Å². The molecular formula is C23H19F4N3O. The number of anilines is 2. The average molecular weight is 429 g/mol. The lowest BCUT2D eigenvalue weighted by molar-refractivity contribution is 0.0983. The first-order valence-corrected chi connectivity index (χ1v) is 9.80. The van der Waals surface area contributed by atoms with Crippen molar-refractivity contribution in [2.24, 2.45) is 0 Å². The molecule has 1 aromatic heterocycles. The lowest BCUT2D eigenvalue weighted by Gasteiger charge is -2.22. The van der Waals surface area contributed by atoms with Gasteiger partial charge in [-0.3, -0.25) is 9.69 Å². The van der Waals surface area contributed by atoms with E-state index in [2.05, 4.69) is 10.3 Å². The van der Waals surface area contributed by atoms with Gasteiger partial charge in [0.15, 0.2) is 17.5 Å². The number of pyridine rings is 1. The Morgan fingerprint density at radius 3 is 2.58 bits per heavy atom. The molecule has 0 saturated carbocycles. The summed E-state index contributed by atoms with van der Waals surface area (Å²) in [4.78, 5) is 18.7. The maximum atomic E-state index is 13.5. The predicted molar refractivity (Wildman–Crippen MR) is 110 cm³/mol. The maximum absolute atomic E-state index is 13.5. The highest BCUT2D eigenvalue weighted by Crippen LogP contribution is 2.28. The molecule has 3 aromatic rings. The van der Waals surface area contributed by atoms with Gasteiger partial charge in [0.25, 0.3) is 5.91 Å². The summed E-state index contributed by atoms with van der Waals surface area (Å²) in [5, 5.41) is 3.21. The van der Waals surface area contributed by atoms with Crippen LogP contribution in [0.3, 0.4) is 0 Å². The third-order valence-corrected chi connectivity index (χ3v) is 5.19. The Morgan fingerprint density at radius 1 is 1.06 bits per heavy atom. The quantitative estimate of drug-likeness (QED) is 0.457. The van der Waals surface area contributed by atoms with Crippen LogP contribution in [0.4, 0.5) is 29.1 Å². The van der Waals surface area contributed by atoms with Gasteiger partial charge in [-0.25, -0.2) is 22.5 Å². The molecule has 1 N–H and O–H groups in total. The molecule has 2 aromatic carbocycles. The number of benzene rings is 2. The second kappa shape index (κ2) is 8.75. The number of hydrogen-bond donors (Lipinski definition) is 1. The summed E-state index contributed by atoms with van der Waals surface area (Å²) in [5.41, 5.74) is 3.06. The smallest absolute Gasteiger partial charge is 0.259 e. The lowest BCUT2D eigenvalue weighted by atomic mass is 10.0. The fourth-order valence-corrected chi connectivity index (χ4v) is 3.76. The van der Waals surface area contributed by atoms with E-state index in [1.54, 1.807) is 24.3 Å². The number of carbonyl (C=O) groups excluding carboxylic acids is 1. The molecule has 4 nitrogen and oxygen atoms in total. The normalized spacial score (nSPS) is 12.4. The molecule has 0 saturated heterocycles. The van der Waals surface area contributed by atoms with E-state index in [9.17, 15) is 22.4 Å². The minimum Gasteiger partial charge on any atom is -0.384 e. The lowest BCUT2D eigenvalue weighted by Crippen LogP contribution is -2.34. The Bertz CT molecular complexity index is 1110. The molecule has 1 aliphatic heterocycles. The highest BCUT2D eigenvalue weighted by atomic mass is 19.2. The van der Waals surface area contributed by atoms with Gasteiger partial charge in [0.1, 0.15) is 12.5 Å². The molecule has 0 bridgehead atoms. The second-order valence-electron chi connectivity index (χ2n) is 7.23. The highest BCUT2D eigenvalue weighted by molar-refractivity contribution is 6.07. The van der Waals surface area contributed by atoms with Crippen LogP contribution in [0.5, 0.6) is 0 Å². The third-order valence-electron chi connectivity index (χ3n) is 5.19. The number of hydrogen-bond acceptors (Lipinski definition) is 3. The molecule has 0 fully saturated rings. The largest absolute Gasteiger partial charge is 0.384 e. The first-order chi connectivity index (χ1) is 15.0. The molecule has 0 spiro atoms. The first kappa shape index (κ1) is 20.8. The van der Waals surface area contributed by atoms with Gasteiger partial charge >= 0.3 is 0 Å². The van der Waals surface area contributed by atoms with E-state index >= 15 is 0 Å². The molecule has 31 heavy (non-hydrogen) atoms. The monoisotopic (exact) mass is 429 g/mol. The first-order valence-electron chi connectivity index (χ1n) is 9.80. The van der Waals surface area contributed by atoms with E-state index in [1.165, 1.54) is 11.1 Å². The zero-order valence-electron chi connectivity index (χ0n) is 16.5. The number of amides is 1. The second-order valence-corrected chi connectivity index (χ2v) is 7.23. The SMILES string of the molecule is O=C(c1cccc2c1CCN2)N(CCF)c1cc(Cc2cc(F)c(F)c(F)c2)ccn1. The Labute approximate surface area is 176 Å². The molecule has 0 aliphatic carbocycles. The highest BCUT2D eigenvalue weighted by Gasteiger charge is 2.24. The van der Waals surface area contributed by atoms with Crippen LogP contribution in [0.15, 0.2) is 48.7 Å². The van der Waals surface area contributed by atoms with Crippen LogP contribution in [0.25, 0.3) is 0 Å². The van der Waals surface area contributed by atoms with Gasteiger partial charge in [-0.2, -0.15) is 0 Å². The summed E-state index contributed by atoms with van der Waals surface area (Å²) in [6.07, 6.45) is 2.22. The fraction of sp³-hybridized carbons (Fsp3) is 0.217. The molecule has 0 unspecified atom stereocenters. The van der Waals surface area contributed by atoms with Crippen LogP contribution < -0.4 is 10.2 Å². The van der Waals surface area contributed by atoms with E-state index in [-0.39, 0.29) is 30.3 Å². The summed E-state index contributed by atoms with van der Waals surface area (Å²) >= 11 is 0. The average Bonchev–Trinajstić information content (AvgIpc) is 3.24. The number of halogens is 4. The molecule has 1 amide bonds. The Morgan fingerprint density at radius 2 is 1.84 bits per heavy atom. The van der Waals surface area contributed by atoms with E-state index in [0.717, 1.165) is 29.9 Å². The van der Waals surface area contributed by atoms with Crippen molar-refractivity contribution < 1.29 is 22.4 Å². The Kier molecular flexibility index (Phi) is 5.88. The minimum absolute atomic E-state index is 0.0892. The molecular weight excluding hydrogens is 410 g/mol. The number of alkyl halides is 1. The minimum atomic E-state index is -1.52. The zero-order valence-corrected chi connectivity index (χ0v) is 16.5. The van der Waals surface area contributed by atoms with Gasteiger partial charge in [0.05, 0.1) is 6.54 Å². The van der Waals surface area contributed by atoms with Crippen LogP contribution in [0.1, 0.15) is 27.0 Å². The molecule has 8 heteroatoms. The summed E-state index contributed by atoms with van der Waals surface area (Å²) in [6.45, 7) is -0.229. The number of fused-ring (bicyclic) bond motifs is 1. The Hall–Kier alpha value is -3.42. The number of nitrogens with one attached hydrogen (secondary N) is 1. The van der Waals surface area contributed by atoms with Gasteiger partial charge < -0.3 is 5.32 Å². The van der Waals surface area contributed by atoms with Crippen LogP contribution in [0, 0.1) is 17.5 Å². The summed E-state index contributed by atoms with van der Waals surface area (Å²) in [5.74, 6) is -4.22. The van der Waals surface area contributed by atoms with Crippen LogP contribution >= 0.6 is 0 Å². The molecule has 0 atom stereocenters. The molecule has 0 radical (unpaired) electrons. The predicted octanol–water partition coefficient (Wildman–Crippen LogP) is 4.67. The van der Waals surface area contributed by atoms with Crippen molar-refractivity contribution in [3.05, 3.63) is 88.4 Å². The molecule has 2 heterocycles. The van der Waals surface area contributed by atoms with Crippen molar-refractivity contribution in [3.8, 4) is 0 Å². The summed E-state index contributed by atoms with van der Waals surface area (Å²) in [6, 6.07) is 10.4. The van der Waals surface area contributed by atoms with E-state index < -0.39 is 24.1 Å². The molecule has 4 rings (SSSR count).